The molecule has 0 aliphatic rings. The molecule has 0 radical (unpaired) electrons. The predicted molar refractivity (Wildman–Crippen MR) is 99.8 cm³/mol. The average Bonchev–Trinajstić information content (AvgIpc) is 2.69. The lowest BCUT2D eigenvalue weighted by Gasteiger charge is -2.13. The van der Waals surface area contributed by atoms with Gasteiger partial charge in [0.2, 0.25) is 5.78 Å². The molecule has 1 unspecified atom stereocenters. The maximum Gasteiger partial charge on any atom is 0.338 e. The van der Waals surface area contributed by atoms with Crippen LogP contribution in [0.15, 0.2) is 60.3 Å². The van der Waals surface area contributed by atoms with Crippen LogP contribution in [0.2, 0.25) is 0 Å². The fourth-order valence-electron chi connectivity index (χ4n) is 2.18. The van der Waals surface area contributed by atoms with Gasteiger partial charge in [-0.15, -0.1) is 0 Å². The number of ether oxygens (including phenoxy) is 1. The molecule has 27 heavy (non-hydrogen) atoms. The van der Waals surface area contributed by atoms with Crippen molar-refractivity contribution in [3.63, 3.8) is 0 Å². The van der Waals surface area contributed by atoms with Crippen molar-refractivity contribution in [3.05, 3.63) is 77.0 Å². The van der Waals surface area contributed by atoms with Gasteiger partial charge in [-0.2, -0.15) is 10.5 Å². The summed E-state index contributed by atoms with van der Waals surface area (Å²) in [5.74, 6) is -0.882. The lowest BCUT2D eigenvalue weighted by molar-refractivity contribution is 0.0319. The Balaban J connectivity index is 2.00. The highest BCUT2D eigenvalue weighted by Crippen LogP contribution is 2.14. The van der Waals surface area contributed by atoms with E-state index in [0.717, 1.165) is 5.56 Å². The van der Waals surface area contributed by atoms with Crippen molar-refractivity contribution in [3.8, 4) is 12.1 Å². The Hall–Kier alpha value is -3.90. The molecule has 0 saturated carbocycles. The third-order valence-corrected chi connectivity index (χ3v) is 3.73. The van der Waals surface area contributed by atoms with Gasteiger partial charge in [0.1, 0.15) is 17.7 Å². The minimum Gasteiger partial charge on any atom is -0.451 e. The standard InChI is InChI=1S/C21H17N3O3/c1-14-3-5-17(6-4-14)20(25)15(2)27-21(26)18-7-9-19(10-8-18)24-13-16(11-22)12-23/h3-10,13,15,24H,1-2H3. The molecule has 0 heterocycles. The number of ketones is 1. The minimum absolute atomic E-state index is 0.0677. The van der Waals surface area contributed by atoms with Gasteiger partial charge in [-0.05, 0) is 38.1 Å². The van der Waals surface area contributed by atoms with Crippen LogP contribution in [0.4, 0.5) is 5.69 Å². The molecule has 134 valence electrons. The second kappa shape index (κ2) is 8.98. The van der Waals surface area contributed by atoms with Gasteiger partial charge in [0, 0.05) is 17.5 Å². The van der Waals surface area contributed by atoms with Gasteiger partial charge >= 0.3 is 5.97 Å². The smallest absolute Gasteiger partial charge is 0.338 e. The normalized spacial score (nSPS) is 10.7. The number of carbonyl (C=O) groups is 2. The first-order valence-corrected chi connectivity index (χ1v) is 8.13. The molecule has 0 fully saturated rings. The Morgan fingerprint density at radius 1 is 1.00 bits per heavy atom. The Bertz CT molecular complexity index is 930. The number of nitrogens with one attached hydrogen (secondary N) is 1. The molecule has 0 amide bonds. The van der Waals surface area contributed by atoms with Crippen LogP contribution >= 0.6 is 0 Å². The van der Waals surface area contributed by atoms with E-state index in [4.69, 9.17) is 15.3 Å². The Morgan fingerprint density at radius 3 is 2.11 bits per heavy atom. The number of nitriles is 2. The van der Waals surface area contributed by atoms with E-state index < -0.39 is 12.1 Å². The van der Waals surface area contributed by atoms with Crippen LogP contribution in [-0.4, -0.2) is 17.9 Å². The molecule has 0 aromatic heterocycles. The fraction of sp³-hybridized carbons (Fsp3) is 0.143. The number of Topliss-reactive ketones (excluding diaryl/α,β-unsaturated/α-hetero) is 1. The molecule has 2 aromatic carbocycles. The van der Waals surface area contributed by atoms with E-state index in [1.54, 1.807) is 36.4 Å². The summed E-state index contributed by atoms with van der Waals surface area (Å²) in [7, 11) is 0. The number of anilines is 1. The van der Waals surface area contributed by atoms with Gasteiger partial charge in [-0.25, -0.2) is 4.79 Å². The summed E-state index contributed by atoms with van der Waals surface area (Å²) in [5, 5.41) is 20.1. The number of hydrogen-bond acceptors (Lipinski definition) is 6. The van der Waals surface area contributed by atoms with Crippen LogP contribution < -0.4 is 5.32 Å². The van der Waals surface area contributed by atoms with Crippen molar-refractivity contribution in [1.82, 2.24) is 0 Å². The molecular weight excluding hydrogens is 342 g/mol. The SMILES string of the molecule is Cc1ccc(C(=O)C(C)OC(=O)c2ccc(NC=C(C#N)C#N)cc2)cc1. The maximum absolute atomic E-state index is 12.3. The first kappa shape index (κ1) is 19.4. The summed E-state index contributed by atoms with van der Waals surface area (Å²) in [5.41, 5.74) is 2.34. The summed E-state index contributed by atoms with van der Waals surface area (Å²) < 4.78 is 5.25. The quantitative estimate of drug-likeness (QED) is 0.478. The molecule has 1 atom stereocenters. The summed E-state index contributed by atoms with van der Waals surface area (Å²) in [6.07, 6.45) is 0.366. The molecule has 0 saturated heterocycles. The van der Waals surface area contributed by atoms with Crippen molar-refractivity contribution in [2.75, 3.05) is 5.32 Å². The lowest BCUT2D eigenvalue weighted by Crippen LogP contribution is -2.24. The highest BCUT2D eigenvalue weighted by atomic mass is 16.5. The Morgan fingerprint density at radius 2 is 1.56 bits per heavy atom. The zero-order chi connectivity index (χ0) is 19.8. The van der Waals surface area contributed by atoms with Gasteiger partial charge in [-0.3, -0.25) is 4.79 Å². The van der Waals surface area contributed by atoms with Crippen molar-refractivity contribution in [1.29, 1.82) is 10.5 Å². The number of esters is 1. The largest absolute Gasteiger partial charge is 0.451 e. The number of aryl methyl sites for hydroxylation is 1. The number of carbonyl (C=O) groups excluding carboxylic acids is 2. The van der Waals surface area contributed by atoms with E-state index in [1.165, 1.54) is 25.3 Å². The zero-order valence-corrected chi connectivity index (χ0v) is 14.9. The summed E-state index contributed by atoms with van der Waals surface area (Å²) in [6.45, 7) is 3.46. The summed E-state index contributed by atoms with van der Waals surface area (Å²) in [6, 6.07) is 16.8. The molecule has 0 aliphatic heterocycles. The maximum atomic E-state index is 12.3. The molecule has 0 aliphatic carbocycles. The molecular formula is C21H17N3O3. The number of allylic oxidation sites excluding steroid dienone is 1. The monoisotopic (exact) mass is 359 g/mol. The molecule has 6 nitrogen and oxygen atoms in total. The van der Waals surface area contributed by atoms with E-state index >= 15 is 0 Å². The van der Waals surface area contributed by atoms with Crippen LogP contribution in [0.3, 0.4) is 0 Å². The van der Waals surface area contributed by atoms with Crippen molar-refractivity contribution >= 4 is 17.4 Å². The van der Waals surface area contributed by atoms with Gasteiger partial charge in [0.15, 0.2) is 6.10 Å². The molecule has 2 aromatic rings. The Kier molecular flexibility index (Phi) is 6.46. The lowest BCUT2D eigenvalue weighted by atomic mass is 10.1. The van der Waals surface area contributed by atoms with E-state index in [-0.39, 0.29) is 16.9 Å². The number of hydrogen-bond donors (Lipinski definition) is 1. The van der Waals surface area contributed by atoms with Crippen molar-refractivity contribution < 1.29 is 14.3 Å². The highest BCUT2D eigenvalue weighted by Gasteiger charge is 2.20. The molecule has 2 rings (SSSR count). The topological polar surface area (TPSA) is 103 Å². The van der Waals surface area contributed by atoms with Crippen LogP contribution in [0.25, 0.3) is 0 Å². The van der Waals surface area contributed by atoms with Crippen LogP contribution in [0.1, 0.15) is 33.2 Å². The van der Waals surface area contributed by atoms with Gasteiger partial charge in [-0.1, -0.05) is 29.8 Å². The van der Waals surface area contributed by atoms with E-state index in [2.05, 4.69) is 5.32 Å². The van der Waals surface area contributed by atoms with E-state index in [9.17, 15) is 9.59 Å². The van der Waals surface area contributed by atoms with Gasteiger partial charge in [0.25, 0.3) is 0 Å². The summed E-state index contributed by atoms with van der Waals surface area (Å²) in [4.78, 5) is 24.6. The fourth-order valence-corrected chi connectivity index (χ4v) is 2.18. The number of benzene rings is 2. The number of nitrogens with zero attached hydrogens (tertiary/aromatic N) is 2. The third-order valence-electron chi connectivity index (χ3n) is 3.73. The summed E-state index contributed by atoms with van der Waals surface area (Å²) >= 11 is 0. The van der Waals surface area contributed by atoms with Crippen molar-refractivity contribution in [2.45, 2.75) is 20.0 Å². The molecule has 0 spiro atoms. The second-order valence-electron chi connectivity index (χ2n) is 5.78. The van der Waals surface area contributed by atoms with E-state index in [0.29, 0.717) is 11.3 Å². The molecule has 1 N–H and O–H groups in total. The van der Waals surface area contributed by atoms with Gasteiger partial charge < -0.3 is 10.1 Å². The van der Waals surface area contributed by atoms with Crippen molar-refractivity contribution in [2.24, 2.45) is 0 Å². The number of rotatable bonds is 6. The third kappa shape index (κ3) is 5.29. The second-order valence-corrected chi connectivity index (χ2v) is 5.78. The van der Waals surface area contributed by atoms with E-state index in [1.807, 2.05) is 19.1 Å². The van der Waals surface area contributed by atoms with Crippen LogP contribution in [-0.2, 0) is 4.74 Å². The van der Waals surface area contributed by atoms with Gasteiger partial charge in [0.05, 0.1) is 5.56 Å². The molecule has 6 heteroatoms. The zero-order valence-electron chi connectivity index (χ0n) is 14.9. The predicted octanol–water partition coefficient (Wildman–Crippen LogP) is 3.77. The minimum atomic E-state index is -0.908. The van der Waals surface area contributed by atoms with Crippen LogP contribution in [0.5, 0.6) is 0 Å². The molecule has 0 bridgehead atoms. The average molecular weight is 359 g/mol. The first-order valence-electron chi connectivity index (χ1n) is 8.13. The van der Waals surface area contributed by atoms with Crippen LogP contribution in [0, 0.1) is 29.6 Å². The highest BCUT2D eigenvalue weighted by molar-refractivity contribution is 6.01. The first-order chi connectivity index (χ1) is 12.9. The Labute approximate surface area is 157 Å².